The lowest BCUT2D eigenvalue weighted by Gasteiger charge is -2.49. The minimum atomic E-state index is 0.0402. The molecule has 1 aliphatic carbocycles. The molecule has 2 unspecified atom stereocenters. The Morgan fingerprint density at radius 2 is 1.21 bits per heavy atom. The number of amides is 3. The Bertz CT molecular complexity index is 2800. The number of aromatic nitrogens is 4. The third kappa shape index (κ3) is 9.02. The predicted molar refractivity (Wildman–Crippen MR) is 278 cm³/mol. The van der Waals surface area contributed by atoms with Gasteiger partial charge in [0.1, 0.15) is 0 Å². The van der Waals surface area contributed by atoms with Crippen LogP contribution in [0.15, 0.2) is 97.6 Å². The number of rotatable bonds is 12. The Kier molecular flexibility index (Phi) is 12.3. The number of hydrogen-bond donors (Lipinski definition) is 2. The van der Waals surface area contributed by atoms with Gasteiger partial charge in [0.15, 0.2) is 0 Å². The molecule has 7 aliphatic rings. The SMILES string of the molecule is CC(CCC(C)N1CCN[C@@H](c2ccc(-c3cc4c(N5CCN(C(=O)C6CC6)CC5)ccnn4c3)cc2)C1)NC(=O)N1CCN(c2ccnn3cc(-c4ccc(C56CCN(CC5)CC6)cc4)cc23)CC1. The fourth-order valence-electron chi connectivity index (χ4n) is 12.4. The summed E-state index contributed by atoms with van der Waals surface area (Å²) in [6.07, 6.45) is 16.0. The van der Waals surface area contributed by atoms with Crippen molar-refractivity contribution < 1.29 is 9.59 Å². The summed E-state index contributed by atoms with van der Waals surface area (Å²) in [5.41, 5.74) is 12.5. The van der Waals surface area contributed by atoms with Crippen molar-refractivity contribution >= 4 is 34.3 Å². The van der Waals surface area contributed by atoms with Crippen molar-refractivity contribution in [2.45, 2.75) is 82.3 Å². The van der Waals surface area contributed by atoms with E-state index in [1.807, 2.05) is 26.3 Å². The molecule has 2 N–H and O–H groups in total. The topological polar surface area (TPSA) is 112 Å². The van der Waals surface area contributed by atoms with Gasteiger partial charge in [-0.2, -0.15) is 10.2 Å². The van der Waals surface area contributed by atoms with Crippen LogP contribution in [-0.2, 0) is 10.2 Å². The first-order valence-corrected chi connectivity index (χ1v) is 26.4. The molecule has 6 aliphatic heterocycles. The summed E-state index contributed by atoms with van der Waals surface area (Å²) in [6, 6.07) is 28.0. The maximum absolute atomic E-state index is 13.6. The highest BCUT2D eigenvalue weighted by atomic mass is 16.2. The molecule has 3 amide bonds. The number of carbonyl (C=O) groups is 2. The molecule has 13 rings (SSSR count). The first kappa shape index (κ1) is 45.2. The van der Waals surface area contributed by atoms with Gasteiger partial charge in [-0.25, -0.2) is 13.8 Å². The van der Waals surface area contributed by atoms with E-state index in [0.717, 1.165) is 101 Å². The summed E-state index contributed by atoms with van der Waals surface area (Å²) in [7, 11) is 0. The van der Waals surface area contributed by atoms with Gasteiger partial charge in [-0.1, -0.05) is 48.5 Å². The highest BCUT2D eigenvalue weighted by molar-refractivity contribution is 5.83. The second-order valence-corrected chi connectivity index (χ2v) is 21.5. The second kappa shape index (κ2) is 19.0. The van der Waals surface area contributed by atoms with Gasteiger partial charge in [-0.15, -0.1) is 0 Å². The molecule has 3 atom stereocenters. The fourth-order valence-corrected chi connectivity index (χ4v) is 12.4. The van der Waals surface area contributed by atoms with E-state index in [1.165, 1.54) is 78.1 Å². The summed E-state index contributed by atoms with van der Waals surface area (Å²) in [6.45, 7) is 17.3. The van der Waals surface area contributed by atoms with E-state index in [0.29, 0.717) is 30.5 Å². The first-order chi connectivity index (χ1) is 34.2. The molecule has 366 valence electrons. The molecule has 1 saturated carbocycles. The highest BCUT2D eigenvalue weighted by Gasteiger charge is 2.40. The van der Waals surface area contributed by atoms with Gasteiger partial charge in [0.25, 0.3) is 0 Å². The summed E-state index contributed by atoms with van der Waals surface area (Å²) in [5.74, 6) is 0.621. The van der Waals surface area contributed by atoms with Gasteiger partial charge in [-0.05, 0) is 130 Å². The zero-order chi connectivity index (χ0) is 47.3. The molecule has 0 radical (unpaired) electrons. The van der Waals surface area contributed by atoms with Crippen molar-refractivity contribution in [3.05, 3.63) is 109 Å². The largest absolute Gasteiger partial charge is 0.366 e. The number of anilines is 2. The van der Waals surface area contributed by atoms with Gasteiger partial charge in [-0.3, -0.25) is 9.69 Å². The molecule has 10 heterocycles. The molecular formula is C56H70N12O2. The summed E-state index contributed by atoms with van der Waals surface area (Å²) >= 11 is 0. The average Bonchev–Trinajstić information content (AvgIpc) is 4.02. The van der Waals surface area contributed by atoms with Crippen molar-refractivity contribution in [1.82, 2.24) is 49.5 Å². The van der Waals surface area contributed by atoms with Crippen LogP contribution in [0, 0.1) is 5.92 Å². The number of urea groups is 1. The van der Waals surface area contributed by atoms with Gasteiger partial charge in [0, 0.05) is 132 Å². The van der Waals surface area contributed by atoms with Crippen LogP contribution >= 0.6 is 0 Å². The number of nitrogens with one attached hydrogen (secondary N) is 2. The van der Waals surface area contributed by atoms with Crippen LogP contribution in [0.25, 0.3) is 33.3 Å². The Balaban J connectivity index is 0.604. The van der Waals surface area contributed by atoms with Crippen LogP contribution in [-0.4, -0.2) is 154 Å². The van der Waals surface area contributed by atoms with Gasteiger partial charge in [0.2, 0.25) is 5.91 Å². The molecule has 6 saturated heterocycles. The predicted octanol–water partition coefficient (Wildman–Crippen LogP) is 7.15. The monoisotopic (exact) mass is 943 g/mol. The van der Waals surface area contributed by atoms with E-state index in [-0.39, 0.29) is 24.0 Å². The zero-order valence-corrected chi connectivity index (χ0v) is 41.2. The number of piperazine rings is 3. The molecule has 6 aromatic rings. The Labute approximate surface area is 412 Å². The molecule has 2 aromatic carbocycles. The minimum absolute atomic E-state index is 0.0402. The molecular weight excluding hydrogens is 873 g/mol. The maximum atomic E-state index is 13.6. The first-order valence-electron chi connectivity index (χ1n) is 26.4. The summed E-state index contributed by atoms with van der Waals surface area (Å²) in [4.78, 5) is 40.3. The normalized spacial score (nSPS) is 24.1. The quantitative estimate of drug-likeness (QED) is 0.132. The van der Waals surface area contributed by atoms with Gasteiger partial charge < -0.3 is 35.1 Å². The van der Waals surface area contributed by atoms with Crippen molar-refractivity contribution in [2.75, 3.05) is 101 Å². The third-order valence-electron chi connectivity index (χ3n) is 17.2. The number of carbonyl (C=O) groups excluding carboxylic acids is 2. The molecule has 14 nitrogen and oxygen atoms in total. The standard InChI is InChI=1S/C56H70N12O2/c1-40(60-55(70)65-33-29-63(30-34-65)51-16-21-59-68-38-47(36-53(51)68)43-11-13-48(14-12-43)56-17-23-61(24-18-56)25-19-56)3-4-41(2)66-26-22-57-49(39-66)44-7-5-42(6-8-44)46-35-52-50(15-20-58-67(52)37-46)62-27-31-64(32-28-62)54(69)45-9-10-45/h5-8,11-16,20-21,35-38,40-41,45,49,57H,3-4,9-10,17-19,22-34,39H2,1-2H3,(H,60,70)/t40?,41?,49-/m1/s1. The molecule has 2 bridgehead atoms. The number of nitrogens with zero attached hydrogens (tertiary/aromatic N) is 10. The number of benzene rings is 2. The Morgan fingerprint density at radius 3 is 1.79 bits per heavy atom. The second-order valence-electron chi connectivity index (χ2n) is 21.5. The third-order valence-corrected chi connectivity index (χ3v) is 17.2. The van der Waals surface area contributed by atoms with Crippen molar-refractivity contribution in [3.8, 4) is 22.3 Å². The number of fused-ring (bicyclic) bond motifs is 5. The van der Waals surface area contributed by atoms with Gasteiger partial charge in [0.05, 0.1) is 22.4 Å². The maximum Gasteiger partial charge on any atom is 0.317 e. The smallest absolute Gasteiger partial charge is 0.317 e. The number of piperidine rings is 3. The summed E-state index contributed by atoms with van der Waals surface area (Å²) < 4.78 is 4.00. The Morgan fingerprint density at radius 1 is 0.657 bits per heavy atom. The Hall–Kier alpha value is -5.96. The average molecular weight is 943 g/mol. The molecule has 4 aromatic heterocycles. The van der Waals surface area contributed by atoms with E-state index in [9.17, 15) is 9.59 Å². The van der Waals surface area contributed by atoms with Crippen LogP contribution in [0.3, 0.4) is 0 Å². The van der Waals surface area contributed by atoms with E-state index in [1.54, 1.807) is 0 Å². The van der Waals surface area contributed by atoms with Crippen LogP contribution in [0.1, 0.15) is 76.0 Å². The summed E-state index contributed by atoms with van der Waals surface area (Å²) in [5, 5.41) is 16.5. The van der Waals surface area contributed by atoms with Crippen molar-refractivity contribution in [3.63, 3.8) is 0 Å². The van der Waals surface area contributed by atoms with E-state index in [2.05, 4.69) is 139 Å². The van der Waals surface area contributed by atoms with Gasteiger partial charge >= 0.3 is 6.03 Å². The van der Waals surface area contributed by atoms with Crippen LogP contribution in [0.2, 0.25) is 0 Å². The lowest BCUT2D eigenvalue weighted by atomic mass is 9.67. The van der Waals surface area contributed by atoms with E-state index < -0.39 is 0 Å². The molecule has 0 spiro atoms. The van der Waals surface area contributed by atoms with Crippen molar-refractivity contribution in [2.24, 2.45) is 5.92 Å². The lowest BCUT2D eigenvalue weighted by Crippen LogP contribution is -2.53. The van der Waals surface area contributed by atoms with Crippen LogP contribution in [0.5, 0.6) is 0 Å². The van der Waals surface area contributed by atoms with E-state index >= 15 is 0 Å². The van der Waals surface area contributed by atoms with E-state index in [4.69, 9.17) is 5.10 Å². The minimum Gasteiger partial charge on any atom is -0.366 e. The lowest BCUT2D eigenvalue weighted by molar-refractivity contribution is -0.132. The van der Waals surface area contributed by atoms with Crippen molar-refractivity contribution in [1.29, 1.82) is 0 Å². The zero-order valence-electron chi connectivity index (χ0n) is 41.2. The molecule has 7 fully saturated rings. The molecule has 70 heavy (non-hydrogen) atoms. The number of hydrogen-bond acceptors (Lipinski definition) is 9. The highest BCUT2D eigenvalue weighted by Crippen LogP contribution is 2.43. The van der Waals surface area contributed by atoms with Crippen LogP contribution in [0.4, 0.5) is 16.2 Å². The fraction of sp³-hybridized carbons (Fsp3) is 0.500. The van der Waals surface area contributed by atoms with Crippen LogP contribution < -0.4 is 20.4 Å². The molecule has 14 heteroatoms.